The van der Waals surface area contributed by atoms with Crippen LogP contribution < -0.4 is 5.32 Å². The van der Waals surface area contributed by atoms with Crippen molar-refractivity contribution in [2.75, 3.05) is 6.54 Å². The fourth-order valence-corrected chi connectivity index (χ4v) is 2.18. The van der Waals surface area contributed by atoms with Crippen LogP contribution in [0.2, 0.25) is 0 Å². The third-order valence-electron chi connectivity index (χ3n) is 3.05. The molecule has 0 unspecified atom stereocenters. The molecule has 3 nitrogen and oxygen atoms in total. The van der Waals surface area contributed by atoms with Gasteiger partial charge in [0.2, 0.25) is 0 Å². The Morgan fingerprint density at radius 3 is 3.00 bits per heavy atom. The molecule has 0 spiro atoms. The molecule has 1 aliphatic heterocycles. The summed E-state index contributed by atoms with van der Waals surface area (Å²) in [5.74, 6) is 0. The van der Waals surface area contributed by atoms with Gasteiger partial charge in [-0.3, -0.25) is 0 Å². The van der Waals surface area contributed by atoms with Gasteiger partial charge in [0.1, 0.15) is 0 Å². The molecule has 2 heterocycles. The highest BCUT2D eigenvalue weighted by Gasteiger charge is 2.28. The predicted molar refractivity (Wildman–Crippen MR) is 50.5 cm³/mol. The monoisotopic (exact) mass is 177 g/mol. The van der Waals surface area contributed by atoms with E-state index in [0.29, 0.717) is 6.04 Å². The van der Waals surface area contributed by atoms with Crippen LogP contribution in [-0.2, 0) is 0 Å². The Labute approximate surface area is 78.2 Å². The molecule has 1 aromatic rings. The minimum atomic E-state index is 0.572. The van der Waals surface area contributed by atoms with Gasteiger partial charge in [0.15, 0.2) is 0 Å². The summed E-state index contributed by atoms with van der Waals surface area (Å²) in [5.41, 5.74) is 1.40. The normalized spacial score (nSPS) is 28.2. The predicted octanol–water partition coefficient (Wildman–Crippen LogP) is 1.64. The lowest BCUT2D eigenvalue weighted by molar-refractivity contribution is 0.571. The van der Waals surface area contributed by atoms with Crippen molar-refractivity contribution in [3.63, 3.8) is 0 Å². The quantitative estimate of drug-likeness (QED) is 0.744. The van der Waals surface area contributed by atoms with Crippen LogP contribution in [0.1, 0.15) is 43.5 Å². The molecule has 3 heteroatoms. The van der Waals surface area contributed by atoms with Crippen LogP contribution in [0.25, 0.3) is 0 Å². The van der Waals surface area contributed by atoms with E-state index >= 15 is 0 Å². The van der Waals surface area contributed by atoms with Gasteiger partial charge in [0.25, 0.3) is 0 Å². The van der Waals surface area contributed by atoms with Gasteiger partial charge in [0.05, 0.1) is 12.0 Å². The maximum atomic E-state index is 4.25. The standard InChI is InChI=1S/C10H15N3/c1-2-9(12-5-1)10-6-11-7-13(10)8-3-4-8/h6-9,12H,1-5H2/t9-/m1/s1. The summed E-state index contributed by atoms with van der Waals surface area (Å²) >= 11 is 0. The molecule has 1 saturated carbocycles. The maximum absolute atomic E-state index is 4.25. The van der Waals surface area contributed by atoms with Crippen LogP contribution in [0.5, 0.6) is 0 Å². The van der Waals surface area contributed by atoms with E-state index in [4.69, 9.17) is 0 Å². The lowest BCUT2D eigenvalue weighted by Gasteiger charge is -2.12. The van der Waals surface area contributed by atoms with Crippen molar-refractivity contribution in [3.05, 3.63) is 18.2 Å². The first kappa shape index (κ1) is 7.56. The van der Waals surface area contributed by atoms with Crippen molar-refractivity contribution in [1.29, 1.82) is 0 Å². The number of rotatable bonds is 2. The molecule has 0 radical (unpaired) electrons. The fourth-order valence-electron chi connectivity index (χ4n) is 2.18. The summed E-state index contributed by atoms with van der Waals surface area (Å²) in [4.78, 5) is 4.25. The van der Waals surface area contributed by atoms with E-state index in [1.54, 1.807) is 0 Å². The number of aromatic nitrogens is 2. The largest absolute Gasteiger partial charge is 0.330 e. The molecule has 0 bridgehead atoms. The Balaban J connectivity index is 1.88. The first-order valence-corrected chi connectivity index (χ1v) is 5.20. The first-order valence-electron chi connectivity index (χ1n) is 5.20. The molecule has 2 fully saturated rings. The van der Waals surface area contributed by atoms with Crippen LogP contribution in [0.4, 0.5) is 0 Å². The van der Waals surface area contributed by atoms with Gasteiger partial charge in [-0.15, -0.1) is 0 Å². The molecule has 2 aliphatic rings. The zero-order valence-corrected chi connectivity index (χ0v) is 7.74. The average Bonchev–Trinajstić information content (AvgIpc) is 2.72. The second kappa shape index (κ2) is 2.84. The van der Waals surface area contributed by atoms with Gasteiger partial charge in [-0.05, 0) is 32.2 Å². The fraction of sp³-hybridized carbons (Fsp3) is 0.700. The van der Waals surface area contributed by atoms with Crippen molar-refractivity contribution in [2.45, 2.75) is 37.8 Å². The molecule has 1 atom stereocenters. The molecule has 0 aromatic carbocycles. The minimum absolute atomic E-state index is 0.572. The summed E-state index contributed by atoms with van der Waals surface area (Å²) in [7, 11) is 0. The summed E-state index contributed by atoms with van der Waals surface area (Å²) in [6.45, 7) is 1.17. The number of hydrogen-bond acceptors (Lipinski definition) is 2. The smallest absolute Gasteiger partial charge is 0.0951 e. The van der Waals surface area contributed by atoms with Crippen molar-refractivity contribution in [3.8, 4) is 0 Å². The topological polar surface area (TPSA) is 29.9 Å². The van der Waals surface area contributed by atoms with Crippen molar-refractivity contribution >= 4 is 0 Å². The van der Waals surface area contributed by atoms with E-state index in [1.807, 2.05) is 12.5 Å². The minimum Gasteiger partial charge on any atom is -0.330 e. The Hall–Kier alpha value is -0.830. The molecule has 0 amide bonds. The molecule has 1 aliphatic carbocycles. The Morgan fingerprint density at radius 1 is 1.38 bits per heavy atom. The Bertz CT molecular complexity index is 295. The van der Waals surface area contributed by atoms with Gasteiger partial charge in [0, 0.05) is 18.3 Å². The summed E-state index contributed by atoms with van der Waals surface area (Å²) < 4.78 is 2.36. The number of hydrogen-bond donors (Lipinski definition) is 1. The number of nitrogens with zero attached hydrogens (tertiary/aromatic N) is 2. The Morgan fingerprint density at radius 2 is 2.31 bits per heavy atom. The SMILES string of the molecule is c1ncn(C2CC2)c1[C@H]1CCCN1. The first-order chi connectivity index (χ1) is 6.45. The zero-order valence-electron chi connectivity index (χ0n) is 7.74. The van der Waals surface area contributed by atoms with Gasteiger partial charge in [-0.25, -0.2) is 4.98 Å². The highest BCUT2D eigenvalue weighted by atomic mass is 15.1. The molecule has 3 rings (SSSR count). The van der Waals surface area contributed by atoms with E-state index in [1.165, 1.54) is 37.9 Å². The van der Waals surface area contributed by atoms with E-state index in [0.717, 1.165) is 6.04 Å². The van der Waals surface area contributed by atoms with E-state index < -0.39 is 0 Å². The molecular weight excluding hydrogens is 162 g/mol. The molecular formula is C10H15N3. The lowest BCUT2D eigenvalue weighted by Crippen LogP contribution is -2.16. The lowest BCUT2D eigenvalue weighted by atomic mass is 10.2. The molecule has 70 valence electrons. The van der Waals surface area contributed by atoms with Crippen molar-refractivity contribution in [2.24, 2.45) is 0 Å². The van der Waals surface area contributed by atoms with Gasteiger partial charge in [-0.1, -0.05) is 0 Å². The van der Waals surface area contributed by atoms with Crippen LogP contribution >= 0.6 is 0 Å². The molecule has 1 saturated heterocycles. The van der Waals surface area contributed by atoms with E-state index in [9.17, 15) is 0 Å². The number of imidazole rings is 1. The highest BCUT2D eigenvalue weighted by Crippen LogP contribution is 2.37. The van der Waals surface area contributed by atoms with Crippen molar-refractivity contribution < 1.29 is 0 Å². The average molecular weight is 177 g/mol. The van der Waals surface area contributed by atoms with Crippen LogP contribution in [0.3, 0.4) is 0 Å². The van der Waals surface area contributed by atoms with E-state index in [-0.39, 0.29) is 0 Å². The molecule has 1 N–H and O–H groups in total. The van der Waals surface area contributed by atoms with Gasteiger partial charge < -0.3 is 9.88 Å². The second-order valence-electron chi connectivity index (χ2n) is 4.11. The summed E-state index contributed by atoms with van der Waals surface area (Å²) in [6, 6.07) is 1.34. The molecule has 1 aromatic heterocycles. The highest BCUT2D eigenvalue weighted by molar-refractivity contribution is 5.10. The third kappa shape index (κ3) is 1.27. The zero-order chi connectivity index (χ0) is 8.67. The molecule has 13 heavy (non-hydrogen) atoms. The van der Waals surface area contributed by atoms with Crippen molar-refractivity contribution in [1.82, 2.24) is 14.9 Å². The van der Waals surface area contributed by atoms with Crippen LogP contribution in [0.15, 0.2) is 12.5 Å². The van der Waals surface area contributed by atoms with E-state index in [2.05, 4.69) is 14.9 Å². The summed E-state index contributed by atoms with van der Waals surface area (Å²) in [5, 5.41) is 3.52. The van der Waals surface area contributed by atoms with Crippen LogP contribution in [-0.4, -0.2) is 16.1 Å². The second-order valence-corrected chi connectivity index (χ2v) is 4.11. The summed E-state index contributed by atoms with van der Waals surface area (Å²) in [6.07, 6.45) is 9.29. The Kier molecular flexibility index (Phi) is 1.65. The van der Waals surface area contributed by atoms with Crippen LogP contribution in [0, 0.1) is 0 Å². The third-order valence-corrected chi connectivity index (χ3v) is 3.05. The maximum Gasteiger partial charge on any atom is 0.0951 e. The number of nitrogens with one attached hydrogen (secondary N) is 1. The van der Waals surface area contributed by atoms with Gasteiger partial charge in [-0.2, -0.15) is 0 Å². The van der Waals surface area contributed by atoms with Gasteiger partial charge >= 0.3 is 0 Å².